The van der Waals surface area contributed by atoms with Crippen molar-refractivity contribution < 1.29 is 4.39 Å². The summed E-state index contributed by atoms with van der Waals surface area (Å²) < 4.78 is 13.3. The van der Waals surface area contributed by atoms with Crippen LogP contribution in [0.1, 0.15) is 12.2 Å². The zero-order valence-corrected chi connectivity index (χ0v) is 15.3. The molecule has 1 saturated heterocycles. The van der Waals surface area contributed by atoms with Crippen LogP contribution in [0.2, 0.25) is 5.02 Å². The number of para-hydroxylation sites is 1. The highest BCUT2D eigenvalue weighted by molar-refractivity contribution is 6.33. The van der Waals surface area contributed by atoms with Gasteiger partial charge in [0.05, 0.1) is 21.7 Å². The molecule has 0 amide bonds. The van der Waals surface area contributed by atoms with Crippen molar-refractivity contribution in [3.05, 3.63) is 59.1 Å². The number of nitrogens with one attached hydrogen (secondary N) is 1. The van der Waals surface area contributed by atoms with Crippen LogP contribution >= 0.6 is 11.6 Å². The van der Waals surface area contributed by atoms with Gasteiger partial charge in [0.1, 0.15) is 11.6 Å². The van der Waals surface area contributed by atoms with E-state index >= 15 is 0 Å². The summed E-state index contributed by atoms with van der Waals surface area (Å²) in [5.41, 5.74) is 2.73. The molecule has 4 nitrogen and oxygen atoms in total. The van der Waals surface area contributed by atoms with Crippen LogP contribution in [0, 0.1) is 5.82 Å². The minimum atomic E-state index is -0.232. The molecule has 1 aliphatic rings. The lowest BCUT2D eigenvalue weighted by molar-refractivity contribution is 0.254. The second-order valence-corrected chi connectivity index (χ2v) is 7.14. The van der Waals surface area contributed by atoms with Gasteiger partial charge >= 0.3 is 0 Å². The molecule has 1 aliphatic heterocycles. The molecule has 26 heavy (non-hydrogen) atoms. The third-order valence-electron chi connectivity index (χ3n) is 4.95. The molecule has 0 spiro atoms. The van der Waals surface area contributed by atoms with E-state index in [4.69, 9.17) is 11.6 Å². The molecule has 136 valence electrons. The lowest BCUT2D eigenvalue weighted by Crippen LogP contribution is -2.46. The first-order valence-corrected chi connectivity index (χ1v) is 9.43. The smallest absolute Gasteiger partial charge is 0.125 e. The molecule has 0 unspecified atom stereocenters. The normalized spacial score (nSPS) is 15.7. The molecule has 1 aromatic heterocycles. The number of imidazole rings is 1. The largest absolute Gasteiger partial charge is 0.368 e. The number of benzene rings is 2. The van der Waals surface area contributed by atoms with Gasteiger partial charge in [0.25, 0.3) is 0 Å². The first-order chi connectivity index (χ1) is 12.7. The Hall–Kier alpha value is -2.11. The van der Waals surface area contributed by atoms with Crippen molar-refractivity contribution in [2.24, 2.45) is 0 Å². The maximum absolute atomic E-state index is 13.3. The summed E-state index contributed by atoms with van der Waals surface area (Å²) in [6, 6.07) is 12.7. The SMILES string of the molecule is Fc1ccc2nc(CCCN3CCN(c4ccccc4Cl)CC3)[nH]c2c1. The monoisotopic (exact) mass is 372 g/mol. The van der Waals surface area contributed by atoms with E-state index in [-0.39, 0.29) is 5.82 Å². The summed E-state index contributed by atoms with van der Waals surface area (Å²) in [6.45, 7) is 5.11. The Morgan fingerprint density at radius 3 is 2.69 bits per heavy atom. The predicted molar refractivity (Wildman–Crippen MR) is 104 cm³/mol. The molecule has 0 radical (unpaired) electrons. The number of hydrogen-bond acceptors (Lipinski definition) is 3. The van der Waals surface area contributed by atoms with Gasteiger partial charge in [0.2, 0.25) is 0 Å². The van der Waals surface area contributed by atoms with Gasteiger partial charge in [-0.1, -0.05) is 23.7 Å². The van der Waals surface area contributed by atoms with Crippen molar-refractivity contribution in [2.45, 2.75) is 12.8 Å². The quantitative estimate of drug-likeness (QED) is 0.732. The van der Waals surface area contributed by atoms with Gasteiger partial charge in [-0.15, -0.1) is 0 Å². The molecule has 3 aromatic rings. The molecule has 2 heterocycles. The Labute approximate surface area is 157 Å². The Balaban J connectivity index is 1.26. The number of piperazine rings is 1. The van der Waals surface area contributed by atoms with Crippen LogP contribution in [0.15, 0.2) is 42.5 Å². The Bertz CT molecular complexity index is 886. The average Bonchev–Trinajstić information content (AvgIpc) is 3.05. The molecule has 4 rings (SSSR count). The van der Waals surface area contributed by atoms with Gasteiger partial charge < -0.3 is 9.88 Å². The van der Waals surface area contributed by atoms with Gasteiger partial charge in [0, 0.05) is 32.6 Å². The van der Waals surface area contributed by atoms with E-state index in [0.29, 0.717) is 0 Å². The third kappa shape index (κ3) is 3.84. The molecule has 0 saturated carbocycles. The Morgan fingerprint density at radius 1 is 1.08 bits per heavy atom. The number of halogens is 2. The number of hydrogen-bond donors (Lipinski definition) is 1. The summed E-state index contributed by atoms with van der Waals surface area (Å²) in [4.78, 5) is 12.6. The molecule has 1 fully saturated rings. The second-order valence-electron chi connectivity index (χ2n) is 6.73. The van der Waals surface area contributed by atoms with Crippen LogP contribution in [0.4, 0.5) is 10.1 Å². The summed E-state index contributed by atoms with van der Waals surface area (Å²) in [5.74, 6) is 0.699. The maximum atomic E-state index is 13.3. The molecule has 0 bridgehead atoms. The van der Waals surface area contributed by atoms with Crippen LogP contribution in [0.3, 0.4) is 0 Å². The fourth-order valence-corrected chi connectivity index (χ4v) is 3.80. The van der Waals surface area contributed by atoms with Crippen LogP contribution in [-0.4, -0.2) is 47.6 Å². The van der Waals surface area contributed by atoms with Gasteiger partial charge in [-0.25, -0.2) is 9.37 Å². The summed E-state index contributed by atoms with van der Waals surface area (Å²) in [7, 11) is 0. The van der Waals surface area contributed by atoms with E-state index in [1.54, 1.807) is 6.07 Å². The maximum Gasteiger partial charge on any atom is 0.125 e. The van der Waals surface area contributed by atoms with Crippen molar-refractivity contribution in [1.82, 2.24) is 14.9 Å². The van der Waals surface area contributed by atoms with E-state index in [1.165, 1.54) is 12.1 Å². The van der Waals surface area contributed by atoms with Gasteiger partial charge in [-0.2, -0.15) is 0 Å². The fourth-order valence-electron chi connectivity index (χ4n) is 3.54. The molecular weight excluding hydrogens is 351 g/mol. The van der Waals surface area contributed by atoms with E-state index in [0.717, 1.165) is 73.1 Å². The highest BCUT2D eigenvalue weighted by Gasteiger charge is 2.18. The highest BCUT2D eigenvalue weighted by atomic mass is 35.5. The number of aromatic amines is 1. The topological polar surface area (TPSA) is 35.2 Å². The van der Waals surface area contributed by atoms with Crippen molar-refractivity contribution in [3.63, 3.8) is 0 Å². The Morgan fingerprint density at radius 2 is 1.88 bits per heavy atom. The number of aryl methyl sites for hydroxylation is 1. The zero-order valence-electron chi connectivity index (χ0n) is 14.6. The molecule has 0 atom stereocenters. The fraction of sp³-hybridized carbons (Fsp3) is 0.350. The molecule has 2 aromatic carbocycles. The summed E-state index contributed by atoms with van der Waals surface area (Å²) in [6.07, 6.45) is 1.91. The van der Waals surface area contributed by atoms with Gasteiger partial charge in [-0.3, -0.25) is 4.90 Å². The second kappa shape index (κ2) is 7.64. The lowest BCUT2D eigenvalue weighted by atomic mass is 10.2. The predicted octanol–water partition coefficient (Wildman–Crippen LogP) is 4.11. The zero-order chi connectivity index (χ0) is 17.9. The Kier molecular flexibility index (Phi) is 5.09. The summed E-state index contributed by atoms with van der Waals surface area (Å²) in [5, 5.41) is 0.822. The number of nitrogens with zero attached hydrogens (tertiary/aromatic N) is 3. The summed E-state index contributed by atoms with van der Waals surface area (Å²) >= 11 is 6.30. The van der Waals surface area contributed by atoms with Crippen molar-refractivity contribution in [3.8, 4) is 0 Å². The molecule has 1 N–H and O–H groups in total. The van der Waals surface area contributed by atoms with E-state index in [1.807, 2.05) is 18.2 Å². The van der Waals surface area contributed by atoms with Crippen LogP contribution in [0.5, 0.6) is 0 Å². The molecule has 0 aliphatic carbocycles. The van der Waals surface area contributed by atoms with Crippen molar-refractivity contribution in [1.29, 1.82) is 0 Å². The molecule has 6 heteroatoms. The van der Waals surface area contributed by atoms with Gasteiger partial charge in [-0.05, 0) is 43.3 Å². The minimum Gasteiger partial charge on any atom is -0.368 e. The van der Waals surface area contributed by atoms with Crippen molar-refractivity contribution >= 4 is 28.3 Å². The standard InChI is InChI=1S/C20H22ClFN4/c21-16-4-1-2-5-19(16)26-12-10-25(11-13-26)9-3-6-20-23-17-8-7-15(22)14-18(17)24-20/h1-2,4-5,7-8,14H,3,6,9-13H2,(H,23,24). The van der Waals surface area contributed by atoms with E-state index in [2.05, 4.69) is 25.8 Å². The minimum absolute atomic E-state index is 0.232. The van der Waals surface area contributed by atoms with Crippen LogP contribution < -0.4 is 4.90 Å². The number of anilines is 1. The van der Waals surface area contributed by atoms with Crippen molar-refractivity contribution in [2.75, 3.05) is 37.6 Å². The van der Waals surface area contributed by atoms with Crippen LogP contribution in [0.25, 0.3) is 11.0 Å². The molecular formula is C20H22ClFN4. The first-order valence-electron chi connectivity index (χ1n) is 9.05. The third-order valence-corrected chi connectivity index (χ3v) is 5.27. The number of rotatable bonds is 5. The first kappa shape index (κ1) is 17.3. The van der Waals surface area contributed by atoms with E-state index < -0.39 is 0 Å². The number of H-pyrrole nitrogens is 1. The van der Waals surface area contributed by atoms with Crippen LogP contribution in [-0.2, 0) is 6.42 Å². The average molecular weight is 373 g/mol. The number of aromatic nitrogens is 2. The number of fused-ring (bicyclic) bond motifs is 1. The highest BCUT2D eigenvalue weighted by Crippen LogP contribution is 2.26. The van der Waals surface area contributed by atoms with Gasteiger partial charge in [0.15, 0.2) is 0 Å². The lowest BCUT2D eigenvalue weighted by Gasteiger charge is -2.36. The van der Waals surface area contributed by atoms with E-state index in [9.17, 15) is 4.39 Å².